The number of halogens is 2. The Bertz CT molecular complexity index is 569. The Labute approximate surface area is 102 Å². The standard InChI is InChI=1S/C12H8ClFN2O/c13-11-4-8(15)3-10(12(11)14)7-1-2-9(6-17)16-5-7/h1-6H,15H2. The highest BCUT2D eigenvalue weighted by molar-refractivity contribution is 6.31. The van der Waals surface area contributed by atoms with Crippen molar-refractivity contribution >= 4 is 23.6 Å². The molecule has 0 spiro atoms. The Morgan fingerprint density at radius 2 is 2.12 bits per heavy atom. The molecular formula is C12H8ClFN2O. The normalized spacial score (nSPS) is 10.2. The summed E-state index contributed by atoms with van der Waals surface area (Å²) in [5, 5.41) is -0.0422. The van der Waals surface area contributed by atoms with Crippen LogP contribution in [0.2, 0.25) is 5.02 Å². The van der Waals surface area contributed by atoms with Crippen LogP contribution in [0.25, 0.3) is 11.1 Å². The van der Waals surface area contributed by atoms with E-state index >= 15 is 0 Å². The molecule has 0 aliphatic rings. The Morgan fingerprint density at radius 3 is 2.71 bits per heavy atom. The fraction of sp³-hybridized carbons (Fsp3) is 0. The fourth-order valence-electron chi connectivity index (χ4n) is 1.45. The second kappa shape index (κ2) is 4.51. The first-order valence-corrected chi connectivity index (χ1v) is 5.15. The summed E-state index contributed by atoms with van der Waals surface area (Å²) in [4.78, 5) is 14.3. The summed E-state index contributed by atoms with van der Waals surface area (Å²) >= 11 is 5.70. The average molecular weight is 251 g/mol. The van der Waals surface area contributed by atoms with Crippen LogP contribution in [0, 0.1) is 5.82 Å². The van der Waals surface area contributed by atoms with E-state index in [0.29, 0.717) is 17.5 Å². The van der Waals surface area contributed by atoms with Gasteiger partial charge < -0.3 is 5.73 Å². The highest BCUT2D eigenvalue weighted by atomic mass is 35.5. The minimum atomic E-state index is -0.554. The summed E-state index contributed by atoms with van der Waals surface area (Å²) in [6, 6.07) is 5.90. The van der Waals surface area contributed by atoms with Crippen LogP contribution in [0.1, 0.15) is 10.5 Å². The molecule has 86 valence electrons. The summed E-state index contributed by atoms with van der Waals surface area (Å²) in [5.41, 5.74) is 7.02. The quantitative estimate of drug-likeness (QED) is 0.659. The number of carbonyl (C=O) groups is 1. The average Bonchev–Trinajstić information content (AvgIpc) is 2.34. The first-order valence-electron chi connectivity index (χ1n) is 4.78. The maximum absolute atomic E-state index is 13.8. The number of nitrogens with two attached hydrogens (primary N) is 1. The molecule has 2 N–H and O–H groups in total. The van der Waals surface area contributed by atoms with Crippen LogP contribution in [0.15, 0.2) is 30.5 Å². The predicted molar refractivity (Wildman–Crippen MR) is 64.4 cm³/mol. The second-order valence-corrected chi connectivity index (χ2v) is 3.86. The van der Waals surface area contributed by atoms with Gasteiger partial charge in [-0.15, -0.1) is 0 Å². The summed E-state index contributed by atoms with van der Waals surface area (Å²) in [5.74, 6) is -0.554. The minimum absolute atomic E-state index is 0.0422. The third-order valence-corrected chi connectivity index (χ3v) is 2.54. The van der Waals surface area contributed by atoms with Crippen LogP contribution in [0.3, 0.4) is 0 Å². The fourth-order valence-corrected chi connectivity index (χ4v) is 1.68. The van der Waals surface area contributed by atoms with Crippen LogP contribution >= 0.6 is 11.6 Å². The van der Waals surface area contributed by atoms with Gasteiger partial charge in [-0.2, -0.15) is 0 Å². The molecule has 0 saturated heterocycles. The van der Waals surface area contributed by atoms with Gasteiger partial charge in [0.05, 0.1) is 5.02 Å². The largest absolute Gasteiger partial charge is 0.399 e. The molecule has 2 rings (SSSR count). The lowest BCUT2D eigenvalue weighted by atomic mass is 10.1. The molecule has 0 aliphatic heterocycles. The molecule has 1 heterocycles. The third kappa shape index (κ3) is 2.26. The van der Waals surface area contributed by atoms with Gasteiger partial charge in [-0.1, -0.05) is 17.7 Å². The van der Waals surface area contributed by atoms with Crippen molar-refractivity contribution in [1.82, 2.24) is 4.98 Å². The number of aldehydes is 1. The van der Waals surface area contributed by atoms with Gasteiger partial charge in [-0.05, 0) is 18.2 Å². The maximum atomic E-state index is 13.8. The van der Waals surface area contributed by atoms with Crippen LogP contribution in [-0.4, -0.2) is 11.3 Å². The van der Waals surface area contributed by atoms with Crippen molar-refractivity contribution in [1.29, 1.82) is 0 Å². The van der Waals surface area contributed by atoms with Gasteiger partial charge >= 0.3 is 0 Å². The van der Waals surface area contributed by atoms with E-state index in [9.17, 15) is 9.18 Å². The number of hydrogen-bond acceptors (Lipinski definition) is 3. The Morgan fingerprint density at radius 1 is 1.35 bits per heavy atom. The molecular weight excluding hydrogens is 243 g/mol. The van der Waals surface area contributed by atoms with E-state index < -0.39 is 5.82 Å². The maximum Gasteiger partial charge on any atom is 0.168 e. The Kier molecular flexibility index (Phi) is 3.06. The van der Waals surface area contributed by atoms with Crippen molar-refractivity contribution < 1.29 is 9.18 Å². The SMILES string of the molecule is Nc1cc(Cl)c(F)c(-c2ccc(C=O)nc2)c1. The Balaban J connectivity index is 2.55. The van der Waals surface area contributed by atoms with Crippen molar-refractivity contribution in [2.75, 3.05) is 5.73 Å². The zero-order valence-corrected chi connectivity index (χ0v) is 9.41. The van der Waals surface area contributed by atoms with Gasteiger partial charge in [-0.25, -0.2) is 4.39 Å². The van der Waals surface area contributed by atoms with E-state index in [-0.39, 0.29) is 16.3 Å². The number of nitrogens with zero attached hydrogens (tertiary/aromatic N) is 1. The molecule has 0 atom stereocenters. The lowest BCUT2D eigenvalue weighted by molar-refractivity contribution is 0.111. The Hall–Kier alpha value is -1.94. The highest BCUT2D eigenvalue weighted by Crippen LogP contribution is 2.29. The first kappa shape index (κ1) is 11.5. The van der Waals surface area contributed by atoms with Gasteiger partial charge in [0.15, 0.2) is 6.29 Å². The number of rotatable bonds is 2. The molecule has 0 radical (unpaired) electrons. The molecule has 0 saturated carbocycles. The van der Waals surface area contributed by atoms with Gasteiger partial charge in [0, 0.05) is 23.0 Å². The molecule has 1 aromatic carbocycles. The van der Waals surface area contributed by atoms with Crippen LogP contribution in [0.5, 0.6) is 0 Å². The third-order valence-electron chi connectivity index (χ3n) is 2.27. The number of benzene rings is 1. The second-order valence-electron chi connectivity index (χ2n) is 3.45. The molecule has 0 fully saturated rings. The predicted octanol–water partition coefficient (Wildman–Crippen LogP) is 2.94. The van der Waals surface area contributed by atoms with E-state index in [1.165, 1.54) is 24.4 Å². The van der Waals surface area contributed by atoms with Gasteiger partial charge in [0.2, 0.25) is 0 Å². The van der Waals surface area contributed by atoms with Crippen LogP contribution in [0.4, 0.5) is 10.1 Å². The van der Waals surface area contributed by atoms with Gasteiger partial charge in [0.1, 0.15) is 11.5 Å². The number of aromatic nitrogens is 1. The number of hydrogen-bond donors (Lipinski definition) is 1. The van der Waals surface area contributed by atoms with Crippen molar-refractivity contribution in [3.05, 3.63) is 47.0 Å². The topological polar surface area (TPSA) is 56.0 Å². The van der Waals surface area contributed by atoms with E-state index in [1.54, 1.807) is 6.07 Å². The smallest absolute Gasteiger partial charge is 0.168 e. The van der Waals surface area contributed by atoms with E-state index in [0.717, 1.165) is 0 Å². The molecule has 1 aromatic heterocycles. The molecule has 17 heavy (non-hydrogen) atoms. The van der Waals surface area contributed by atoms with Crippen LogP contribution < -0.4 is 5.73 Å². The molecule has 0 amide bonds. The summed E-state index contributed by atoms with van der Waals surface area (Å²) in [6.45, 7) is 0. The van der Waals surface area contributed by atoms with Crippen molar-refractivity contribution in [2.45, 2.75) is 0 Å². The van der Waals surface area contributed by atoms with E-state index in [1.807, 2.05) is 0 Å². The summed E-state index contributed by atoms with van der Waals surface area (Å²) in [7, 11) is 0. The van der Waals surface area contributed by atoms with Crippen molar-refractivity contribution in [3.8, 4) is 11.1 Å². The monoisotopic (exact) mass is 250 g/mol. The van der Waals surface area contributed by atoms with Crippen LogP contribution in [-0.2, 0) is 0 Å². The van der Waals surface area contributed by atoms with Gasteiger partial charge in [0.25, 0.3) is 0 Å². The molecule has 0 bridgehead atoms. The van der Waals surface area contributed by atoms with Gasteiger partial charge in [-0.3, -0.25) is 9.78 Å². The first-order chi connectivity index (χ1) is 8.11. The molecule has 3 nitrogen and oxygen atoms in total. The lowest BCUT2D eigenvalue weighted by Gasteiger charge is -2.06. The summed E-state index contributed by atoms with van der Waals surface area (Å²) < 4.78 is 13.8. The molecule has 2 aromatic rings. The summed E-state index contributed by atoms with van der Waals surface area (Å²) in [6.07, 6.45) is 2.02. The van der Waals surface area contributed by atoms with Crippen molar-refractivity contribution in [2.24, 2.45) is 0 Å². The zero-order valence-electron chi connectivity index (χ0n) is 8.65. The van der Waals surface area contributed by atoms with E-state index in [4.69, 9.17) is 17.3 Å². The number of nitrogen functional groups attached to an aromatic ring is 1. The molecule has 0 aliphatic carbocycles. The lowest BCUT2D eigenvalue weighted by Crippen LogP contribution is -1.93. The minimum Gasteiger partial charge on any atom is -0.399 e. The number of anilines is 1. The number of carbonyl (C=O) groups excluding carboxylic acids is 1. The molecule has 5 heteroatoms. The zero-order chi connectivity index (χ0) is 12.4. The molecule has 0 unspecified atom stereocenters. The number of pyridine rings is 1. The van der Waals surface area contributed by atoms with Crippen molar-refractivity contribution in [3.63, 3.8) is 0 Å². The highest BCUT2D eigenvalue weighted by Gasteiger charge is 2.10. The van der Waals surface area contributed by atoms with E-state index in [2.05, 4.69) is 4.98 Å².